The molecule has 2 heterocycles. The summed E-state index contributed by atoms with van der Waals surface area (Å²) in [4.78, 5) is 18.7. The molecule has 0 bridgehead atoms. The Bertz CT molecular complexity index is 534. The summed E-state index contributed by atoms with van der Waals surface area (Å²) >= 11 is 1.51. The lowest BCUT2D eigenvalue weighted by molar-refractivity contribution is -0.131. The lowest BCUT2D eigenvalue weighted by Crippen LogP contribution is -1.87. The zero-order chi connectivity index (χ0) is 12.1. The third kappa shape index (κ3) is 3.22. The predicted octanol–water partition coefficient (Wildman–Crippen LogP) is 2.39. The zero-order valence-electron chi connectivity index (χ0n) is 8.91. The van der Waals surface area contributed by atoms with Crippen molar-refractivity contribution in [3.8, 4) is 11.3 Å². The molecule has 0 spiro atoms. The number of aliphatic carboxylic acids is 1. The fourth-order valence-electron chi connectivity index (χ4n) is 1.31. The maximum Gasteiger partial charge on any atom is 0.327 e. The Balaban J connectivity index is 2.09. The minimum absolute atomic E-state index is 0.539. The summed E-state index contributed by atoms with van der Waals surface area (Å²) in [6, 6.07) is 3.80. The van der Waals surface area contributed by atoms with Crippen molar-refractivity contribution in [2.75, 3.05) is 0 Å². The number of carboxylic acid groups (broad SMARTS) is 1. The number of pyridine rings is 1. The van der Waals surface area contributed by atoms with Gasteiger partial charge in [0.15, 0.2) is 0 Å². The molecule has 17 heavy (non-hydrogen) atoms. The quantitative estimate of drug-likeness (QED) is 0.841. The molecule has 4 nitrogen and oxygen atoms in total. The molecule has 5 heteroatoms. The first-order valence-electron chi connectivity index (χ1n) is 5.00. The number of aromatic nitrogens is 2. The molecule has 0 atom stereocenters. The van der Waals surface area contributed by atoms with E-state index in [1.165, 1.54) is 11.3 Å². The first-order chi connectivity index (χ1) is 8.25. The van der Waals surface area contributed by atoms with E-state index >= 15 is 0 Å². The van der Waals surface area contributed by atoms with Crippen molar-refractivity contribution in [1.82, 2.24) is 9.97 Å². The van der Waals surface area contributed by atoms with Gasteiger partial charge < -0.3 is 5.11 Å². The summed E-state index contributed by atoms with van der Waals surface area (Å²) in [5, 5.41) is 11.3. The predicted molar refractivity (Wildman–Crippen MR) is 65.8 cm³/mol. The molecule has 2 aromatic rings. The van der Waals surface area contributed by atoms with Gasteiger partial charge >= 0.3 is 5.97 Å². The fraction of sp³-hybridized carbons (Fsp3) is 0.0833. The van der Waals surface area contributed by atoms with Crippen LogP contribution in [0.3, 0.4) is 0 Å². The molecule has 0 aliphatic heterocycles. The van der Waals surface area contributed by atoms with Crippen LogP contribution in [0.2, 0.25) is 0 Å². The largest absolute Gasteiger partial charge is 0.478 e. The Morgan fingerprint density at radius 3 is 3.12 bits per heavy atom. The number of carbonyl (C=O) groups is 1. The van der Waals surface area contributed by atoms with E-state index < -0.39 is 5.97 Å². The Morgan fingerprint density at radius 2 is 2.41 bits per heavy atom. The van der Waals surface area contributed by atoms with E-state index in [1.54, 1.807) is 18.5 Å². The van der Waals surface area contributed by atoms with Gasteiger partial charge in [-0.15, -0.1) is 11.3 Å². The summed E-state index contributed by atoms with van der Waals surface area (Å²) in [5.41, 5.74) is 1.85. The minimum atomic E-state index is -0.936. The average molecular weight is 246 g/mol. The summed E-state index contributed by atoms with van der Waals surface area (Å²) in [7, 11) is 0. The SMILES string of the molecule is O=C(O)/C=C/Cc1nc(-c2cccnc2)cs1. The van der Waals surface area contributed by atoms with Crippen molar-refractivity contribution in [2.45, 2.75) is 6.42 Å². The van der Waals surface area contributed by atoms with Crippen LogP contribution in [-0.2, 0) is 11.2 Å². The monoisotopic (exact) mass is 246 g/mol. The van der Waals surface area contributed by atoms with Gasteiger partial charge in [0.1, 0.15) is 0 Å². The third-order valence-electron chi connectivity index (χ3n) is 2.06. The smallest absolute Gasteiger partial charge is 0.327 e. The zero-order valence-corrected chi connectivity index (χ0v) is 9.72. The highest BCUT2D eigenvalue weighted by Gasteiger charge is 2.03. The molecule has 0 saturated carbocycles. The first kappa shape index (κ1) is 11.5. The maximum absolute atomic E-state index is 10.3. The number of carboxylic acids is 1. The van der Waals surface area contributed by atoms with Crippen molar-refractivity contribution in [3.05, 3.63) is 47.1 Å². The van der Waals surface area contributed by atoms with E-state index in [4.69, 9.17) is 5.11 Å². The Morgan fingerprint density at radius 1 is 1.53 bits per heavy atom. The first-order valence-corrected chi connectivity index (χ1v) is 5.88. The van der Waals surface area contributed by atoms with Gasteiger partial charge in [0.05, 0.1) is 10.7 Å². The lowest BCUT2D eigenvalue weighted by Gasteiger charge is -1.93. The summed E-state index contributed by atoms with van der Waals surface area (Å²) < 4.78 is 0. The topological polar surface area (TPSA) is 63.1 Å². The van der Waals surface area contributed by atoms with Crippen LogP contribution in [0.25, 0.3) is 11.3 Å². The molecule has 1 N–H and O–H groups in total. The van der Waals surface area contributed by atoms with Crippen LogP contribution in [0, 0.1) is 0 Å². The highest BCUT2D eigenvalue weighted by molar-refractivity contribution is 7.10. The molecule has 0 radical (unpaired) electrons. The second-order valence-electron chi connectivity index (χ2n) is 3.31. The summed E-state index contributed by atoms with van der Waals surface area (Å²) in [6.07, 6.45) is 6.73. The highest BCUT2D eigenvalue weighted by atomic mass is 32.1. The van der Waals surface area contributed by atoms with Crippen molar-refractivity contribution >= 4 is 17.3 Å². The highest BCUT2D eigenvalue weighted by Crippen LogP contribution is 2.21. The number of hydrogen-bond acceptors (Lipinski definition) is 4. The van der Waals surface area contributed by atoms with Gasteiger partial charge in [0.2, 0.25) is 0 Å². The molecule has 0 aliphatic rings. The van der Waals surface area contributed by atoms with Gasteiger partial charge in [-0.3, -0.25) is 4.98 Å². The van der Waals surface area contributed by atoms with Gasteiger partial charge in [0, 0.05) is 35.8 Å². The van der Waals surface area contributed by atoms with Crippen LogP contribution >= 0.6 is 11.3 Å². The van der Waals surface area contributed by atoms with Crippen molar-refractivity contribution in [3.63, 3.8) is 0 Å². The fourth-order valence-corrected chi connectivity index (χ4v) is 2.09. The normalized spacial score (nSPS) is 10.8. The van der Waals surface area contributed by atoms with Crippen molar-refractivity contribution in [2.24, 2.45) is 0 Å². The number of nitrogens with zero attached hydrogens (tertiary/aromatic N) is 2. The molecule has 2 rings (SSSR count). The second kappa shape index (κ2) is 5.36. The van der Waals surface area contributed by atoms with E-state index in [0.717, 1.165) is 22.3 Å². The van der Waals surface area contributed by atoms with E-state index in [9.17, 15) is 4.79 Å². The van der Waals surface area contributed by atoms with Gasteiger partial charge in [-0.2, -0.15) is 0 Å². The van der Waals surface area contributed by atoms with Crippen LogP contribution in [0.15, 0.2) is 42.1 Å². The van der Waals surface area contributed by atoms with E-state index in [-0.39, 0.29) is 0 Å². The minimum Gasteiger partial charge on any atom is -0.478 e. The number of thiazole rings is 1. The molecule has 2 aromatic heterocycles. The lowest BCUT2D eigenvalue weighted by atomic mass is 10.2. The molecule has 0 unspecified atom stereocenters. The number of hydrogen-bond donors (Lipinski definition) is 1. The maximum atomic E-state index is 10.3. The van der Waals surface area contributed by atoms with Gasteiger partial charge in [-0.1, -0.05) is 6.08 Å². The van der Waals surface area contributed by atoms with Crippen LogP contribution in [0.1, 0.15) is 5.01 Å². The van der Waals surface area contributed by atoms with Crippen LogP contribution < -0.4 is 0 Å². The molecule has 0 saturated heterocycles. The molecule has 0 aromatic carbocycles. The molecule has 0 aliphatic carbocycles. The average Bonchev–Trinajstić information content (AvgIpc) is 2.78. The summed E-state index contributed by atoms with van der Waals surface area (Å²) in [6.45, 7) is 0. The molecular formula is C12H10N2O2S. The van der Waals surface area contributed by atoms with Crippen molar-refractivity contribution in [1.29, 1.82) is 0 Å². The number of allylic oxidation sites excluding steroid dienone is 1. The number of rotatable bonds is 4. The van der Waals surface area contributed by atoms with Gasteiger partial charge in [0.25, 0.3) is 0 Å². The Hall–Kier alpha value is -2.01. The Kier molecular flexibility index (Phi) is 3.62. The van der Waals surface area contributed by atoms with E-state index in [1.807, 2.05) is 17.5 Å². The second-order valence-corrected chi connectivity index (χ2v) is 4.26. The molecule has 0 fully saturated rings. The Labute approximate surface area is 102 Å². The van der Waals surface area contributed by atoms with Gasteiger partial charge in [-0.05, 0) is 12.1 Å². The molecule has 86 valence electrons. The molecular weight excluding hydrogens is 236 g/mol. The van der Waals surface area contributed by atoms with Crippen LogP contribution in [-0.4, -0.2) is 21.0 Å². The summed E-state index contributed by atoms with van der Waals surface area (Å²) in [5.74, 6) is -0.936. The molecule has 0 amide bonds. The van der Waals surface area contributed by atoms with E-state index in [0.29, 0.717) is 6.42 Å². The standard InChI is InChI=1S/C12H10N2O2S/c15-12(16)5-1-4-11-14-10(8-17-11)9-3-2-6-13-7-9/h1-3,5-8H,4H2,(H,15,16)/b5-1+. The van der Waals surface area contributed by atoms with Crippen LogP contribution in [0.4, 0.5) is 0 Å². The van der Waals surface area contributed by atoms with Crippen molar-refractivity contribution < 1.29 is 9.90 Å². The third-order valence-corrected chi connectivity index (χ3v) is 2.93. The van der Waals surface area contributed by atoms with Gasteiger partial charge in [-0.25, -0.2) is 9.78 Å². The van der Waals surface area contributed by atoms with Crippen LogP contribution in [0.5, 0.6) is 0 Å². The van der Waals surface area contributed by atoms with E-state index in [2.05, 4.69) is 9.97 Å².